The van der Waals surface area contributed by atoms with Gasteiger partial charge in [-0.2, -0.15) is 0 Å². The van der Waals surface area contributed by atoms with Crippen molar-refractivity contribution in [2.75, 3.05) is 40.3 Å². The van der Waals surface area contributed by atoms with E-state index in [1.165, 1.54) is 45.2 Å². The Bertz CT molecular complexity index is 487. The summed E-state index contributed by atoms with van der Waals surface area (Å²) in [5, 5.41) is 0. The molecule has 2 rings (SSSR count). The first-order valence-corrected chi connectivity index (χ1v) is 7.38. The van der Waals surface area contributed by atoms with Crippen molar-refractivity contribution < 1.29 is 13.9 Å². The number of hydrogen-bond acceptors (Lipinski definition) is 4. The number of carbonyl (C=O) groups excluding carboxylic acids is 1. The van der Waals surface area contributed by atoms with Crippen molar-refractivity contribution in [2.24, 2.45) is 0 Å². The summed E-state index contributed by atoms with van der Waals surface area (Å²) in [6, 6.07) is 4.69. The highest BCUT2D eigenvalue weighted by molar-refractivity contribution is 5.89. The number of likely N-dealkylation sites (N-methyl/N-ethyl adjacent to an activating group) is 1. The molecule has 1 aliphatic rings. The van der Waals surface area contributed by atoms with Crippen LogP contribution in [0.15, 0.2) is 18.2 Å². The van der Waals surface area contributed by atoms with Crippen LogP contribution in [-0.4, -0.2) is 56.1 Å². The van der Waals surface area contributed by atoms with Gasteiger partial charge in [0, 0.05) is 19.6 Å². The predicted molar refractivity (Wildman–Crippen MR) is 79.7 cm³/mol. The Morgan fingerprint density at radius 1 is 1.38 bits per heavy atom. The number of benzene rings is 1. The molecule has 0 saturated carbocycles. The average Bonchev–Trinajstić information content (AvgIpc) is 2.98. The molecule has 0 bridgehead atoms. The molecule has 116 valence electrons. The van der Waals surface area contributed by atoms with E-state index in [-0.39, 0.29) is 5.56 Å². The van der Waals surface area contributed by atoms with Crippen LogP contribution in [0.1, 0.15) is 28.8 Å². The number of carbonyl (C=O) groups is 1. The number of hydrogen-bond donors (Lipinski definition) is 0. The Balaban J connectivity index is 1.86. The topological polar surface area (TPSA) is 32.8 Å². The fraction of sp³-hybridized carbons (Fsp3) is 0.562. The van der Waals surface area contributed by atoms with Gasteiger partial charge >= 0.3 is 5.97 Å². The summed E-state index contributed by atoms with van der Waals surface area (Å²) in [7, 11) is 3.28. The Morgan fingerprint density at radius 2 is 2.10 bits per heavy atom. The summed E-state index contributed by atoms with van der Waals surface area (Å²) in [6.07, 6.45) is 2.59. The lowest BCUT2D eigenvalue weighted by Gasteiger charge is -2.21. The minimum absolute atomic E-state index is 0.0130. The van der Waals surface area contributed by atoms with Gasteiger partial charge in [0.25, 0.3) is 0 Å². The summed E-state index contributed by atoms with van der Waals surface area (Å²) in [5.41, 5.74) is 0.852. The molecule has 1 heterocycles. The molecule has 0 radical (unpaired) electrons. The fourth-order valence-corrected chi connectivity index (χ4v) is 2.64. The Hall–Kier alpha value is -1.46. The second-order valence-corrected chi connectivity index (χ2v) is 5.59. The van der Waals surface area contributed by atoms with Gasteiger partial charge in [-0.3, -0.25) is 0 Å². The van der Waals surface area contributed by atoms with Gasteiger partial charge in [0.1, 0.15) is 5.82 Å². The maximum absolute atomic E-state index is 13.8. The maximum atomic E-state index is 13.8. The molecule has 0 aliphatic carbocycles. The number of nitrogens with zero attached hydrogens (tertiary/aromatic N) is 2. The van der Waals surface area contributed by atoms with E-state index < -0.39 is 11.8 Å². The largest absolute Gasteiger partial charge is 0.465 e. The molecule has 1 aliphatic heterocycles. The van der Waals surface area contributed by atoms with E-state index in [1.807, 2.05) is 7.05 Å². The smallest absolute Gasteiger partial charge is 0.340 e. The first-order chi connectivity index (χ1) is 10.1. The molecule has 1 aromatic carbocycles. The first-order valence-electron chi connectivity index (χ1n) is 7.38. The maximum Gasteiger partial charge on any atom is 0.340 e. The highest BCUT2D eigenvalue weighted by Crippen LogP contribution is 2.13. The predicted octanol–water partition coefficient (Wildman–Crippen LogP) is 2.14. The van der Waals surface area contributed by atoms with Crippen LogP contribution in [0.5, 0.6) is 0 Å². The van der Waals surface area contributed by atoms with Crippen molar-refractivity contribution in [1.82, 2.24) is 9.80 Å². The van der Waals surface area contributed by atoms with Gasteiger partial charge in [-0.1, -0.05) is 6.07 Å². The Labute approximate surface area is 125 Å². The normalized spacial score (nSPS) is 15.6. The fourth-order valence-electron chi connectivity index (χ4n) is 2.64. The van der Waals surface area contributed by atoms with E-state index in [1.54, 1.807) is 6.07 Å². The number of methoxy groups -OCH3 is 1. The zero-order valence-electron chi connectivity index (χ0n) is 12.8. The van der Waals surface area contributed by atoms with Gasteiger partial charge in [-0.15, -0.1) is 0 Å². The number of esters is 1. The highest BCUT2D eigenvalue weighted by Gasteiger charge is 2.14. The van der Waals surface area contributed by atoms with Crippen molar-refractivity contribution in [1.29, 1.82) is 0 Å². The van der Waals surface area contributed by atoms with Crippen LogP contribution < -0.4 is 0 Å². The van der Waals surface area contributed by atoms with Crippen LogP contribution in [-0.2, 0) is 11.3 Å². The molecule has 0 N–H and O–H groups in total. The SMILES string of the molecule is COC(=O)c1ccc(CN(C)CCN2CCCC2)cc1F. The molecular weight excluding hydrogens is 271 g/mol. The summed E-state index contributed by atoms with van der Waals surface area (Å²) in [6.45, 7) is 5.07. The van der Waals surface area contributed by atoms with Crippen LogP contribution in [0.25, 0.3) is 0 Å². The second-order valence-electron chi connectivity index (χ2n) is 5.59. The van der Waals surface area contributed by atoms with Crippen molar-refractivity contribution in [3.8, 4) is 0 Å². The van der Waals surface area contributed by atoms with Crippen LogP contribution in [0.4, 0.5) is 4.39 Å². The van der Waals surface area contributed by atoms with Gasteiger partial charge < -0.3 is 14.5 Å². The van der Waals surface area contributed by atoms with Gasteiger partial charge in [0.05, 0.1) is 12.7 Å². The van der Waals surface area contributed by atoms with Gasteiger partial charge in [-0.25, -0.2) is 9.18 Å². The van der Waals surface area contributed by atoms with Crippen molar-refractivity contribution >= 4 is 5.97 Å². The third-order valence-electron chi connectivity index (χ3n) is 3.89. The second kappa shape index (κ2) is 7.52. The minimum atomic E-state index is -0.638. The summed E-state index contributed by atoms with van der Waals surface area (Å²) < 4.78 is 18.4. The number of halogens is 1. The average molecular weight is 294 g/mol. The number of ether oxygens (including phenoxy) is 1. The molecule has 0 amide bonds. The molecule has 5 heteroatoms. The molecule has 21 heavy (non-hydrogen) atoms. The van der Waals surface area contributed by atoms with Crippen LogP contribution in [0.2, 0.25) is 0 Å². The van der Waals surface area contributed by atoms with Gasteiger partial charge in [-0.05, 0) is 50.7 Å². The zero-order valence-corrected chi connectivity index (χ0v) is 12.8. The van der Waals surface area contributed by atoms with E-state index in [2.05, 4.69) is 14.5 Å². The lowest BCUT2D eigenvalue weighted by atomic mass is 10.1. The first kappa shape index (κ1) is 15.9. The van der Waals surface area contributed by atoms with E-state index in [0.29, 0.717) is 6.54 Å². The van der Waals surface area contributed by atoms with Crippen molar-refractivity contribution in [3.63, 3.8) is 0 Å². The zero-order chi connectivity index (χ0) is 15.2. The number of rotatable bonds is 6. The van der Waals surface area contributed by atoms with E-state index in [0.717, 1.165) is 18.7 Å². The monoisotopic (exact) mass is 294 g/mol. The molecule has 0 unspecified atom stereocenters. The lowest BCUT2D eigenvalue weighted by Crippen LogP contribution is -2.31. The molecule has 1 fully saturated rings. The highest BCUT2D eigenvalue weighted by atomic mass is 19.1. The van der Waals surface area contributed by atoms with Crippen LogP contribution in [0.3, 0.4) is 0 Å². The van der Waals surface area contributed by atoms with E-state index in [9.17, 15) is 9.18 Å². The van der Waals surface area contributed by atoms with E-state index in [4.69, 9.17) is 0 Å². The Morgan fingerprint density at radius 3 is 2.71 bits per heavy atom. The van der Waals surface area contributed by atoms with Gasteiger partial charge in [0.2, 0.25) is 0 Å². The molecular formula is C16H23FN2O2. The van der Waals surface area contributed by atoms with Crippen LogP contribution >= 0.6 is 0 Å². The molecule has 0 atom stereocenters. The number of likely N-dealkylation sites (tertiary alicyclic amines) is 1. The standard InChI is InChI=1S/C16H23FN2O2/c1-18(9-10-19-7-3-4-8-19)12-13-5-6-14(15(17)11-13)16(20)21-2/h5-6,11H,3-4,7-10,12H2,1-2H3. The minimum Gasteiger partial charge on any atom is -0.465 e. The molecule has 0 spiro atoms. The summed E-state index contributed by atoms with van der Waals surface area (Å²) in [4.78, 5) is 16.0. The van der Waals surface area contributed by atoms with Crippen molar-refractivity contribution in [2.45, 2.75) is 19.4 Å². The molecule has 1 aromatic rings. The van der Waals surface area contributed by atoms with Gasteiger partial charge in [0.15, 0.2) is 0 Å². The summed E-state index contributed by atoms with van der Waals surface area (Å²) >= 11 is 0. The quantitative estimate of drug-likeness (QED) is 0.753. The third-order valence-corrected chi connectivity index (χ3v) is 3.89. The molecule has 4 nitrogen and oxygen atoms in total. The van der Waals surface area contributed by atoms with E-state index >= 15 is 0 Å². The molecule has 0 aromatic heterocycles. The van der Waals surface area contributed by atoms with Crippen molar-refractivity contribution in [3.05, 3.63) is 35.1 Å². The third kappa shape index (κ3) is 4.51. The van der Waals surface area contributed by atoms with Crippen LogP contribution in [0, 0.1) is 5.82 Å². The molecule has 1 saturated heterocycles. The lowest BCUT2D eigenvalue weighted by molar-refractivity contribution is 0.0595. The Kier molecular flexibility index (Phi) is 5.70. The summed E-state index contributed by atoms with van der Waals surface area (Å²) in [5.74, 6) is -1.16.